The van der Waals surface area contributed by atoms with E-state index in [2.05, 4.69) is 10.1 Å². The van der Waals surface area contributed by atoms with Crippen LogP contribution in [0.25, 0.3) is 0 Å². The molecule has 1 aromatic rings. The van der Waals surface area contributed by atoms with Crippen molar-refractivity contribution in [1.29, 1.82) is 0 Å². The highest BCUT2D eigenvalue weighted by Gasteiger charge is 2.22. The van der Waals surface area contributed by atoms with Gasteiger partial charge in [-0.15, -0.1) is 12.4 Å². The second-order valence-electron chi connectivity index (χ2n) is 5.77. The lowest BCUT2D eigenvalue weighted by atomic mass is 9.87. The van der Waals surface area contributed by atoms with Gasteiger partial charge in [0.15, 0.2) is 0 Å². The van der Waals surface area contributed by atoms with E-state index in [1.165, 1.54) is 6.07 Å². The summed E-state index contributed by atoms with van der Waals surface area (Å²) >= 11 is 0. The number of nitrogens with one attached hydrogen (secondary N) is 1. The minimum Gasteiger partial charge on any atom is -0.435 e. The zero-order chi connectivity index (χ0) is 16.1. The summed E-state index contributed by atoms with van der Waals surface area (Å²) in [4.78, 5) is 11.9. The Bertz CT molecular complexity index is 527. The van der Waals surface area contributed by atoms with Crippen molar-refractivity contribution in [3.63, 3.8) is 0 Å². The number of benzene rings is 1. The molecule has 1 amide bonds. The summed E-state index contributed by atoms with van der Waals surface area (Å²) in [6.07, 6.45) is 3.61. The molecule has 0 spiro atoms. The highest BCUT2D eigenvalue weighted by molar-refractivity contribution is 5.85. The van der Waals surface area contributed by atoms with Crippen LogP contribution in [-0.2, 0) is 11.2 Å². The molecular formula is C16H23ClF2N2O2. The molecule has 0 fully saturated rings. The van der Waals surface area contributed by atoms with Crippen molar-refractivity contribution < 1.29 is 18.3 Å². The Morgan fingerprint density at radius 3 is 2.87 bits per heavy atom. The monoisotopic (exact) mass is 348 g/mol. The highest BCUT2D eigenvalue weighted by atomic mass is 35.5. The largest absolute Gasteiger partial charge is 0.435 e. The van der Waals surface area contributed by atoms with Gasteiger partial charge in [0.25, 0.3) is 0 Å². The Labute approximate surface area is 141 Å². The first-order chi connectivity index (χ1) is 10.5. The summed E-state index contributed by atoms with van der Waals surface area (Å²) in [6.45, 7) is -0.955. The van der Waals surface area contributed by atoms with E-state index in [9.17, 15) is 13.6 Å². The number of aryl methyl sites for hydroxylation is 1. The number of alkyl halides is 2. The Morgan fingerprint density at radius 2 is 2.22 bits per heavy atom. The smallest absolute Gasteiger partial charge is 0.387 e. The molecule has 4 nitrogen and oxygen atoms in total. The molecule has 7 heteroatoms. The SMILES string of the molecule is CC(N)CCC(=O)NC1CCCc2cc(OC(F)F)ccc21.Cl. The molecule has 1 aliphatic rings. The van der Waals surface area contributed by atoms with Crippen LogP contribution in [0.15, 0.2) is 18.2 Å². The third-order valence-corrected chi connectivity index (χ3v) is 3.82. The van der Waals surface area contributed by atoms with E-state index in [0.717, 1.165) is 30.4 Å². The average molecular weight is 349 g/mol. The van der Waals surface area contributed by atoms with E-state index in [1.54, 1.807) is 12.1 Å². The van der Waals surface area contributed by atoms with Crippen molar-refractivity contribution in [2.75, 3.05) is 0 Å². The van der Waals surface area contributed by atoms with Crippen molar-refractivity contribution in [3.05, 3.63) is 29.3 Å². The Hall–Kier alpha value is -1.40. The number of fused-ring (bicyclic) bond motifs is 1. The summed E-state index contributed by atoms with van der Waals surface area (Å²) in [5.41, 5.74) is 7.60. The van der Waals surface area contributed by atoms with E-state index in [1.807, 2.05) is 6.92 Å². The van der Waals surface area contributed by atoms with Crippen LogP contribution >= 0.6 is 12.4 Å². The van der Waals surface area contributed by atoms with E-state index < -0.39 is 6.61 Å². The molecule has 130 valence electrons. The molecule has 0 heterocycles. The predicted octanol–water partition coefficient (Wildman–Crippen LogP) is 3.33. The molecular weight excluding hydrogens is 326 g/mol. The molecule has 2 atom stereocenters. The molecule has 3 N–H and O–H groups in total. The van der Waals surface area contributed by atoms with Gasteiger partial charge in [0.1, 0.15) is 5.75 Å². The lowest BCUT2D eigenvalue weighted by Gasteiger charge is -2.27. The van der Waals surface area contributed by atoms with Gasteiger partial charge in [0, 0.05) is 12.5 Å². The lowest BCUT2D eigenvalue weighted by Crippen LogP contribution is -2.31. The number of amides is 1. The second-order valence-corrected chi connectivity index (χ2v) is 5.77. The zero-order valence-corrected chi connectivity index (χ0v) is 13.9. The molecule has 0 saturated heterocycles. The number of hydrogen-bond acceptors (Lipinski definition) is 3. The van der Waals surface area contributed by atoms with Gasteiger partial charge in [-0.3, -0.25) is 4.79 Å². The molecule has 1 aliphatic carbocycles. The van der Waals surface area contributed by atoms with E-state index in [0.29, 0.717) is 12.8 Å². The van der Waals surface area contributed by atoms with Crippen LogP contribution < -0.4 is 15.8 Å². The second kappa shape index (κ2) is 9.03. The van der Waals surface area contributed by atoms with E-state index >= 15 is 0 Å². The van der Waals surface area contributed by atoms with Gasteiger partial charge >= 0.3 is 6.61 Å². The summed E-state index contributed by atoms with van der Waals surface area (Å²) < 4.78 is 29.0. The van der Waals surface area contributed by atoms with Crippen molar-refractivity contribution in [3.8, 4) is 5.75 Å². The zero-order valence-electron chi connectivity index (χ0n) is 13.1. The molecule has 0 aromatic heterocycles. The summed E-state index contributed by atoms with van der Waals surface area (Å²) in [5, 5.41) is 3.01. The minimum atomic E-state index is -2.82. The number of carbonyl (C=O) groups is 1. The molecule has 23 heavy (non-hydrogen) atoms. The molecule has 0 radical (unpaired) electrons. The number of hydrogen-bond donors (Lipinski definition) is 2. The number of rotatable bonds is 6. The van der Waals surface area contributed by atoms with Crippen LogP contribution in [0.4, 0.5) is 8.78 Å². The molecule has 2 rings (SSSR count). The Kier molecular flexibility index (Phi) is 7.72. The fraction of sp³-hybridized carbons (Fsp3) is 0.562. The normalized spacial score (nSPS) is 17.9. The third kappa shape index (κ3) is 5.95. The topological polar surface area (TPSA) is 64.4 Å². The summed E-state index contributed by atoms with van der Waals surface area (Å²) in [6, 6.07) is 4.87. The number of carbonyl (C=O) groups excluding carboxylic acids is 1. The van der Waals surface area contributed by atoms with Crippen LogP contribution in [0.3, 0.4) is 0 Å². The third-order valence-electron chi connectivity index (χ3n) is 3.82. The molecule has 0 bridgehead atoms. The Balaban J connectivity index is 0.00000264. The van der Waals surface area contributed by atoms with Gasteiger partial charge in [-0.2, -0.15) is 8.78 Å². The van der Waals surface area contributed by atoms with Gasteiger partial charge in [-0.25, -0.2) is 0 Å². The number of ether oxygens (including phenoxy) is 1. The van der Waals surface area contributed by atoms with Gasteiger partial charge < -0.3 is 15.8 Å². The van der Waals surface area contributed by atoms with E-state index in [4.69, 9.17) is 5.73 Å². The molecule has 0 saturated carbocycles. The predicted molar refractivity (Wildman–Crippen MR) is 87.0 cm³/mol. The summed E-state index contributed by atoms with van der Waals surface area (Å²) in [7, 11) is 0. The lowest BCUT2D eigenvalue weighted by molar-refractivity contribution is -0.122. The van der Waals surface area contributed by atoms with Gasteiger partial charge in [0.05, 0.1) is 6.04 Å². The van der Waals surface area contributed by atoms with Crippen LogP contribution in [-0.4, -0.2) is 18.6 Å². The number of halogens is 3. The first kappa shape index (κ1) is 19.6. The van der Waals surface area contributed by atoms with Crippen molar-refractivity contribution in [2.45, 2.75) is 57.7 Å². The molecule has 1 aromatic carbocycles. The molecule has 0 aliphatic heterocycles. The van der Waals surface area contributed by atoms with Crippen LogP contribution in [0.2, 0.25) is 0 Å². The van der Waals surface area contributed by atoms with Gasteiger partial charge in [0.2, 0.25) is 5.91 Å². The first-order valence-corrected chi connectivity index (χ1v) is 7.58. The van der Waals surface area contributed by atoms with Crippen molar-refractivity contribution in [2.24, 2.45) is 5.73 Å². The maximum Gasteiger partial charge on any atom is 0.387 e. The molecule has 2 unspecified atom stereocenters. The van der Waals surface area contributed by atoms with Crippen molar-refractivity contribution in [1.82, 2.24) is 5.32 Å². The van der Waals surface area contributed by atoms with Crippen molar-refractivity contribution >= 4 is 18.3 Å². The number of nitrogens with two attached hydrogens (primary N) is 1. The quantitative estimate of drug-likeness (QED) is 0.828. The fourth-order valence-corrected chi connectivity index (χ4v) is 2.74. The highest BCUT2D eigenvalue weighted by Crippen LogP contribution is 2.32. The average Bonchev–Trinajstić information content (AvgIpc) is 2.44. The maximum atomic E-state index is 12.3. The fourth-order valence-electron chi connectivity index (χ4n) is 2.74. The van der Waals surface area contributed by atoms with Crippen LogP contribution in [0, 0.1) is 0 Å². The minimum absolute atomic E-state index is 0. The Morgan fingerprint density at radius 1 is 1.48 bits per heavy atom. The van der Waals surface area contributed by atoms with Gasteiger partial charge in [-0.05, 0) is 55.9 Å². The first-order valence-electron chi connectivity index (χ1n) is 7.58. The van der Waals surface area contributed by atoms with Gasteiger partial charge in [-0.1, -0.05) is 6.07 Å². The summed E-state index contributed by atoms with van der Waals surface area (Å²) in [5.74, 6) is 0.140. The van der Waals surface area contributed by atoms with Crippen LogP contribution in [0.5, 0.6) is 5.75 Å². The maximum absolute atomic E-state index is 12.3. The van der Waals surface area contributed by atoms with Crippen LogP contribution in [0.1, 0.15) is 49.8 Å². The standard InChI is InChI=1S/C16H22F2N2O2.ClH/c1-10(19)5-8-15(21)20-14-4-2-3-11-9-12(22-16(17)18)6-7-13(11)14;/h6-7,9-10,14,16H,2-5,8,19H2,1H3,(H,20,21);1H. The van der Waals surface area contributed by atoms with E-state index in [-0.39, 0.29) is 36.1 Å².